The van der Waals surface area contributed by atoms with Crippen LogP contribution in [0, 0.1) is 0 Å². The first-order valence-corrected chi connectivity index (χ1v) is 11.2. The van der Waals surface area contributed by atoms with Crippen molar-refractivity contribution in [2.45, 2.75) is 23.8 Å². The third-order valence-electron chi connectivity index (χ3n) is 4.83. The normalized spacial score (nSPS) is 18.2. The average Bonchev–Trinajstić information content (AvgIpc) is 3.46. The van der Waals surface area contributed by atoms with E-state index in [0.29, 0.717) is 23.4 Å². The summed E-state index contributed by atoms with van der Waals surface area (Å²) in [4.78, 5) is 16.3. The van der Waals surface area contributed by atoms with Crippen molar-refractivity contribution in [2.75, 3.05) is 52.1 Å². The Labute approximate surface area is 171 Å². The van der Waals surface area contributed by atoms with Gasteiger partial charge in [0.2, 0.25) is 15.9 Å². The molecule has 10 heteroatoms. The van der Waals surface area contributed by atoms with E-state index in [-0.39, 0.29) is 10.8 Å². The summed E-state index contributed by atoms with van der Waals surface area (Å²) in [5.41, 5.74) is 0.638. The van der Waals surface area contributed by atoms with Gasteiger partial charge in [-0.25, -0.2) is 12.7 Å². The van der Waals surface area contributed by atoms with E-state index in [2.05, 4.69) is 15.5 Å². The molecule has 154 valence electrons. The lowest BCUT2D eigenvalue weighted by Crippen LogP contribution is -2.52. The molecule has 2 aliphatic rings. The zero-order chi connectivity index (χ0) is 20.3. The van der Waals surface area contributed by atoms with Crippen molar-refractivity contribution in [2.24, 2.45) is 0 Å². The van der Waals surface area contributed by atoms with Crippen LogP contribution < -0.4 is 10.6 Å². The standard InChI is InChI=1S/C18H27N5O3S2/c1-21(2)28(25,26)16-5-3-4-15(12-16)20-18(27)23-10-8-22(9-11-23)13-17(24)19-14-6-7-14/h3-5,12,14H,6-11,13H2,1-2H3,(H,19,24)(H,20,27). The summed E-state index contributed by atoms with van der Waals surface area (Å²) < 4.78 is 25.8. The molecule has 28 heavy (non-hydrogen) atoms. The Morgan fingerprint density at radius 1 is 1.21 bits per heavy atom. The fourth-order valence-corrected chi connectivity index (χ4v) is 4.21. The predicted octanol–water partition coefficient (Wildman–Crippen LogP) is 0.530. The summed E-state index contributed by atoms with van der Waals surface area (Å²) in [6.45, 7) is 3.38. The third kappa shape index (κ3) is 5.40. The van der Waals surface area contributed by atoms with Gasteiger partial charge < -0.3 is 15.5 Å². The summed E-state index contributed by atoms with van der Waals surface area (Å²) in [5, 5.41) is 6.69. The lowest BCUT2D eigenvalue weighted by molar-refractivity contribution is -0.122. The Morgan fingerprint density at radius 3 is 2.50 bits per heavy atom. The number of amides is 1. The summed E-state index contributed by atoms with van der Waals surface area (Å²) in [6, 6.07) is 7.02. The van der Waals surface area contributed by atoms with Crippen LogP contribution in [0.1, 0.15) is 12.8 Å². The monoisotopic (exact) mass is 425 g/mol. The van der Waals surface area contributed by atoms with Gasteiger partial charge in [-0.3, -0.25) is 9.69 Å². The van der Waals surface area contributed by atoms with Gasteiger partial charge in [0.25, 0.3) is 0 Å². The summed E-state index contributed by atoms with van der Waals surface area (Å²) in [6.07, 6.45) is 2.19. The molecule has 1 aliphatic heterocycles. The number of nitrogens with one attached hydrogen (secondary N) is 2. The highest BCUT2D eigenvalue weighted by atomic mass is 32.2. The molecule has 0 aromatic heterocycles. The lowest BCUT2D eigenvalue weighted by atomic mass is 10.3. The Bertz CT molecular complexity index is 831. The molecule has 2 fully saturated rings. The van der Waals surface area contributed by atoms with Crippen LogP contribution in [-0.4, -0.2) is 86.4 Å². The van der Waals surface area contributed by atoms with E-state index in [1.54, 1.807) is 24.3 Å². The maximum atomic E-state index is 12.3. The van der Waals surface area contributed by atoms with Gasteiger partial charge in [-0.2, -0.15) is 0 Å². The number of anilines is 1. The second-order valence-corrected chi connectivity index (χ2v) is 9.89. The van der Waals surface area contributed by atoms with E-state index in [1.165, 1.54) is 18.4 Å². The van der Waals surface area contributed by atoms with Crippen LogP contribution in [0.4, 0.5) is 5.69 Å². The fraction of sp³-hybridized carbons (Fsp3) is 0.556. The molecule has 0 radical (unpaired) electrons. The third-order valence-corrected chi connectivity index (χ3v) is 7.00. The number of rotatable bonds is 6. The smallest absolute Gasteiger partial charge is 0.242 e. The van der Waals surface area contributed by atoms with Gasteiger partial charge in [-0.05, 0) is 43.3 Å². The van der Waals surface area contributed by atoms with Gasteiger partial charge in [-0.1, -0.05) is 6.07 Å². The second kappa shape index (κ2) is 8.73. The van der Waals surface area contributed by atoms with E-state index >= 15 is 0 Å². The Hall–Kier alpha value is -1.75. The zero-order valence-corrected chi connectivity index (χ0v) is 17.9. The van der Waals surface area contributed by atoms with Crippen molar-refractivity contribution in [3.8, 4) is 0 Å². The Morgan fingerprint density at radius 2 is 1.89 bits per heavy atom. The van der Waals surface area contributed by atoms with Gasteiger partial charge in [0, 0.05) is 52.0 Å². The first kappa shape index (κ1) is 21.0. The number of hydrogen-bond acceptors (Lipinski definition) is 5. The second-order valence-electron chi connectivity index (χ2n) is 7.35. The fourth-order valence-electron chi connectivity index (χ4n) is 2.96. The minimum absolute atomic E-state index is 0.0931. The molecule has 8 nitrogen and oxygen atoms in total. The van der Waals surface area contributed by atoms with Crippen LogP contribution in [0.15, 0.2) is 29.2 Å². The molecule has 1 heterocycles. The highest BCUT2D eigenvalue weighted by molar-refractivity contribution is 7.89. The van der Waals surface area contributed by atoms with Crippen molar-refractivity contribution in [3.05, 3.63) is 24.3 Å². The largest absolute Gasteiger partial charge is 0.352 e. The molecule has 0 atom stereocenters. The van der Waals surface area contributed by atoms with Gasteiger partial charge in [-0.15, -0.1) is 0 Å². The number of carbonyl (C=O) groups excluding carboxylic acids is 1. The first-order chi connectivity index (χ1) is 13.3. The minimum Gasteiger partial charge on any atom is -0.352 e. The number of hydrogen-bond donors (Lipinski definition) is 2. The maximum absolute atomic E-state index is 12.3. The minimum atomic E-state index is -3.49. The highest BCUT2D eigenvalue weighted by Gasteiger charge is 2.26. The van der Waals surface area contributed by atoms with Crippen LogP contribution in [-0.2, 0) is 14.8 Å². The van der Waals surface area contributed by atoms with E-state index < -0.39 is 10.0 Å². The molecule has 1 saturated heterocycles. The van der Waals surface area contributed by atoms with Gasteiger partial charge in [0.15, 0.2) is 5.11 Å². The number of nitrogens with zero attached hydrogens (tertiary/aromatic N) is 3. The summed E-state index contributed by atoms with van der Waals surface area (Å²) in [7, 11) is -0.482. The molecule has 1 aromatic carbocycles. The quantitative estimate of drug-likeness (QED) is 0.643. The van der Waals surface area contributed by atoms with Gasteiger partial charge in [0.1, 0.15) is 0 Å². The molecular weight excluding hydrogens is 398 g/mol. The summed E-state index contributed by atoms with van der Waals surface area (Å²) in [5.74, 6) is 0.0931. The number of thiocarbonyl (C=S) groups is 1. The molecule has 1 aromatic rings. The molecule has 3 rings (SSSR count). The SMILES string of the molecule is CN(C)S(=O)(=O)c1cccc(NC(=S)N2CCN(CC(=O)NC3CC3)CC2)c1. The van der Waals surface area contributed by atoms with E-state index in [4.69, 9.17) is 12.2 Å². The van der Waals surface area contributed by atoms with Crippen molar-refractivity contribution < 1.29 is 13.2 Å². The van der Waals surface area contributed by atoms with Gasteiger partial charge in [0.05, 0.1) is 11.4 Å². The molecule has 1 saturated carbocycles. The van der Waals surface area contributed by atoms with Crippen LogP contribution in [0.3, 0.4) is 0 Å². The van der Waals surface area contributed by atoms with E-state index in [0.717, 1.165) is 39.0 Å². The van der Waals surface area contributed by atoms with Gasteiger partial charge >= 0.3 is 0 Å². The number of piperazine rings is 1. The van der Waals surface area contributed by atoms with Crippen LogP contribution in [0.25, 0.3) is 0 Å². The molecular formula is C18H27N5O3S2. The van der Waals surface area contributed by atoms with Crippen molar-refractivity contribution in [1.29, 1.82) is 0 Å². The molecule has 0 bridgehead atoms. The molecule has 1 amide bonds. The number of carbonyl (C=O) groups is 1. The maximum Gasteiger partial charge on any atom is 0.242 e. The number of benzene rings is 1. The van der Waals surface area contributed by atoms with Crippen molar-refractivity contribution in [3.63, 3.8) is 0 Å². The predicted molar refractivity (Wildman–Crippen MR) is 113 cm³/mol. The Balaban J connectivity index is 1.51. The van der Waals surface area contributed by atoms with Crippen LogP contribution >= 0.6 is 12.2 Å². The highest BCUT2D eigenvalue weighted by Crippen LogP contribution is 2.19. The number of sulfonamides is 1. The van der Waals surface area contributed by atoms with E-state index in [9.17, 15) is 13.2 Å². The zero-order valence-electron chi connectivity index (χ0n) is 16.2. The molecule has 0 spiro atoms. The van der Waals surface area contributed by atoms with Crippen LogP contribution in [0.2, 0.25) is 0 Å². The lowest BCUT2D eigenvalue weighted by Gasteiger charge is -2.35. The average molecular weight is 426 g/mol. The first-order valence-electron chi connectivity index (χ1n) is 9.36. The van der Waals surface area contributed by atoms with E-state index in [1.807, 2.05) is 4.90 Å². The molecule has 1 aliphatic carbocycles. The van der Waals surface area contributed by atoms with Crippen molar-refractivity contribution in [1.82, 2.24) is 19.4 Å². The van der Waals surface area contributed by atoms with Crippen molar-refractivity contribution >= 4 is 38.9 Å². The Kier molecular flexibility index (Phi) is 6.54. The molecule has 0 unspecified atom stereocenters. The summed E-state index contributed by atoms with van der Waals surface area (Å²) >= 11 is 5.49. The topological polar surface area (TPSA) is 85.0 Å². The molecule has 2 N–H and O–H groups in total. The van der Waals surface area contributed by atoms with Crippen LogP contribution in [0.5, 0.6) is 0 Å².